The molecule has 0 radical (unpaired) electrons. The second kappa shape index (κ2) is 7.33. The van der Waals surface area contributed by atoms with Gasteiger partial charge in [-0.05, 0) is 59.8 Å². The Morgan fingerprint density at radius 3 is 2.34 bits per heavy atom. The van der Waals surface area contributed by atoms with Gasteiger partial charge < -0.3 is 20.1 Å². The molecule has 2 amide bonds. The molecule has 3 unspecified atom stereocenters. The van der Waals surface area contributed by atoms with Gasteiger partial charge in [-0.2, -0.15) is 0 Å². The molecular formula is C28H28N2O5. The Morgan fingerprint density at radius 1 is 1.00 bits per heavy atom. The van der Waals surface area contributed by atoms with E-state index in [0.29, 0.717) is 13.0 Å². The van der Waals surface area contributed by atoms with Crippen LogP contribution in [0.3, 0.4) is 0 Å². The van der Waals surface area contributed by atoms with Crippen LogP contribution < -0.4 is 5.32 Å². The van der Waals surface area contributed by atoms with Gasteiger partial charge in [-0.25, -0.2) is 4.79 Å². The van der Waals surface area contributed by atoms with E-state index < -0.39 is 23.4 Å². The van der Waals surface area contributed by atoms with Crippen molar-refractivity contribution in [1.82, 2.24) is 10.2 Å². The summed E-state index contributed by atoms with van der Waals surface area (Å²) < 4.78 is 5.70. The van der Waals surface area contributed by atoms with Gasteiger partial charge in [0.2, 0.25) is 5.91 Å². The molecule has 2 bridgehead atoms. The standard InChI is InChI=1S/C28H28N2O5/c31-25(32)24-15-9-23(24)30(13-15)26(33)28-11-16(28)10-17(12-28)29-27(34)35-14-22-20-7-3-1-5-18(20)19-6-2-4-8-21(19)22/h1-8,15-17,22-24H,9-14H2,(H,29,34)(H,31,32)/t15?,16-,17+,23?,24?,28+/m0/s1. The molecule has 6 atom stereocenters. The minimum Gasteiger partial charge on any atom is -0.481 e. The fraction of sp³-hybridized carbons (Fsp3) is 0.464. The van der Waals surface area contributed by atoms with Crippen LogP contribution in [0, 0.1) is 23.2 Å². The first-order valence-electron chi connectivity index (χ1n) is 12.6. The van der Waals surface area contributed by atoms with Crippen molar-refractivity contribution >= 4 is 18.0 Å². The van der Waals surface area contributed by atoms with E-state index in [1.165, 1.54) is 22.3 Å². The fourth-order valence-electron chi connectivity index (χ4n) is 7.58. The molecule has 0 spiro atoms. The molecule has 7 heteroatoms. The third kappa shape index (κ3) is 3.00. The van der Waals surface area contributed by atoms with Gasteiger partial charge in [-0.3, -0.25) is 9.59 Å². The molecule has 5 fully saturated rings. The maximum Gasteiger partial charge on any atom is 0.407 e. The maximum absolute atomic E-state index is 13.4. The molecule has 2 heterocycles. The molecule has 8 rings (SSSR count). The molecule has 2 aromatic rings. The number of alkyl carbamates (subject to hydrolysis) is 1. The highest BCUT2D eigenvalue weighted by atomic mass is 16.5. The molecule has 3 saturated carbocycles. The zero-order valence-corrected chi connectivity index (χ0v) is 19.4. The Bertz CT molecular complexity index is 1210. The summed E-state index contributed by atoms with van der Waals surface area (Å²) in [5, 5.41) is 12.4. The lowest BCUT2D eigenvalue weighted by Crippen LogP contribution is -2.47. The minimum absolute atomic E-state index is 0.0156. The van der Waals surface area contributed by atoms with Crippen molar-refractivity contribution in [3.8, 4) is 11.1 Å². The monoisotopic (exact) mass is 472 g/mol. The van der Waals surface area contributed by atoms with Crippen molar-refractivity contribution in [2.24, 2.45) is 23.2 Å². The van der Waals surface area contributed by atoms with E-state index in [1.54, 1.807) is 0 Å². The summed E-state index contributed by atoms with van der Waals surface area (Å²) >= 11 is 0. The summed E-state index contributed by atoms with van der Waals surface area (Å²) in [5.74, 6) is -0.685. The van der Waals surface area contributed by atoms with Gasteiger partial charge in [0, 0.05) is 24.5 Å². The lowest BCUT2D eigenvalue weighted by molar-refractivity contribution is -0.149. The predicted octanol–water partition coefficient (Wildman–Crippen LogP) is 3.63. The van der Waals surface area contributed by atoms with Gasteiger partial charge in [-0.15, -0.1) is 0 Å². The number of carboxylic acid groups (broad SMARTS) is 1. The van der Waals surface area contributed by atoms with Crippen LogP contribution in [0.2, 0.25) is 0 Å². The third-order valence-electron chi connectivity index (χ3n) is 9.35. The Labute approximate surface area is 203 Å². The predicted molar refractivity (Wildman–Crippen MR) is 127 cm³/mol. The quantitative estimate of drug-likeness (QED) is 0.693. The Kier molecular flexibility index (Phi) is 4.39. The normalized spacial score (nSPS) is 33.4. The lowest BCUT2D eigenvalue weighted by Gasteiger charge is -2.34. The van der Waals surface area contributed by atoms with Crippen molar-refractivity contribution < 1.29 is 24.2 Å². The van der Waals surface area contributed by atoms with Crippen LogP contribution >= 0.6 is 0 Å². The van der Waals surface area contributed by atoms with Gasteiger partial charge in [0.25, 0.3) is 0 Å². The largest absolute Gasteiger partial charge is 0.481 e. The number of hydrogen-bond donors (Lipinski definition) is 2. The number of hydrogen-bond acceptors (Lipinski definition) is 4. The van der Waals surface area contributed by atoms with Crippen molar-refractivity contribution in [3.63, 3.8) is 0 Å². The molecule has 2 aliphatic heterocycles. The smallest absolute Gasteiger partial charge is 0.407 e. The van der Waals surface area contributed by atoms with Gasteiger partial charge in [0.15, 0.2) is 0 Å². The molecule has 2 N–H and O–H groups in total. The van der Waals surface area contributed by atoms with E-state index >= 15 is 0 Å². The first-order valence-corrected chi connectivity index (χ1v) is 12.6. The number of nitrogens with zero attached hydrogens (tertiary/aromatic N) is 1. The van der Waals surface area contributed by atoms with E-state index in [9.17, 15) is 19.5 Å². The molecule has 0 aromatic heterocycles. The summed E-state index contributed by atoms with van der Waals surface area (Å²) in [7, 11) is 0. The van der Waals surface area contributed by atoms with Gasteiger partial charge in [0.1, 0.15) is 6.61 Å². The fourth-order valence-corrected chi connectivity index (χ4v) is 7.58. The summed E-state index contributed by atoms with van der Waals surface area (Å²) in [6, 6.07) is 16.3. The first-order chi connectivity index (χ1) is 17.0. The summed E-state index contributed by atoms with van der Waals surface area (Å²) in [5.41, 5.74) is 4.33. The van der Waals surface area contributed by atoms with Gasteiger partial charge >= 0.3 is 12.1 Å². The summed E-state index contributed by atoms with van der Waals surface area (Å²) in [6.07, 6.45) is 2.62. The summed E-state index contributed by atoms with van der Waals surface area (Å²) in [4.78, 5) is 39.4. The van der Waals surface area contributed by atoms with Gasteiger partial charge in [-0.1, -0.05) is 48.5 Å². The van der Waals surface area contributed by atoms with Crippen molar-refractivity contribution in [1.29, 1.82) is 0 Å². The highest BCUT2D eigenvalue weighted by molar-refractivity contribution is 5.89. The number of ether oxygens (including phenoxy) is 1. The molecule has 2 saturated heterocycles. The van der Waals surface area contributed by atoms with Crippen LogP contribution in [0.15, 0.2) is 48.5 Å². The van der Waals surface area contributed by atoms with E-state index in [0.717, 1.165) is 19.3 Å². The molecule has 2 aromatic carbocycles. The van der Waals surface area contributed by atoms with E-state index in [1.807, 2.05) is 29.2 Å². The number of rotatable bonds is 5. The molecular weight excluding hydrogens is 444 g/mol. The highest BCUT2D eigenvalue weighted by Crippen LogP contribution is 2.65. The maximum atomic E-state index is 13.4. The number of benzene rings is 2. The number of amides is 2. The zero-order valence-electron chi connectivity index (χ0n) is 19.4. The van der Waals surface area contributed by atoms with E-state index in [2.05, 4.69) is 29.6 Å². The lowest BCUT2D eigenvalue weighted by atomic mass is 9.74. The second-order valence-electron chi connectivity index (χ2n) is 11.0. The Hall–Kier alpha value is -3.35. The number of carboxylic acids is 1. The second-order valence-corrected chi connectivity index (χ2v) is 11.0. The van der Waals surface area contributed by atoms with Crippen LogP contribution in [0.25, 0.3) is 11.1 Å². The van der Waals surface area contributed by atoms with Crippen LogP contribution in [0.5, 0.6) is 0 Å². The van der Waals surface area contributed by atoms with Crippen LogP contribution in [-0.2, 0) is 14.3 Å². The average Bonchev–Trinajstić information content (AvgIpc) is 3.25. The van der Waals surface area contributed by atoms with Crippen LogP contribution in [0.1, 0.15) is 42.7 Å². The number of carbonyl (C=O) groups is 3. The number of carbonyl (C=O) groups excluding carboxylic acids is 2. The Balaban J connectivity index is 0.974. The van der Waals surface area contributed by atoms with Crippen molar-refractivity contribution in [3.05, 3.63) is 59.7 Å². The molecule has 6 aliphatic rings. The topological polar surface area (TPSA) is 95.9 Å². The van der Waals surface area contributed by atoms with E-state index in [4.69, 9.17) is 4.74 Å². The van der Waals surface area contributed by atoms with E-state index in [-0.39, 0.29) is 42.4 Å². The van der Waals surface area contributed by atoms with Crippen molar-refractivity contribution in [2.45, 2.75) is 43.7 Å². The third-order valence-corrected chi connectivity index (χ3v) is 9.35. The molecule has 7 nitrogen and oxygen atoms in total. The van der Waals surface area contributed by atoms with Crippen LogP contribution in [0.4, 0.5) is 4.79 Å². The zero-order chi connectivity index (χ0) is 23.9. The average molecular weight is 473 g/mol. The molecule has 35 heavy (non-hydrogen) atoms. The number of fused-ring (bicyclic) bond motifs is 5. The molecule has 180 valence electrons. The number of nitrogens with one attached hydrogen (secondary N) is 1. The highest BCUT2D eigenvalue weighted by Gasteiger charge is 2.69. The SMILES string of the molecule is O=C(N[C@@H]1C[C@H]2C[C@@]2(C(=O)N2CC3CC2C3C(=O)O)C1)OCC1c2ccccc2-c2ccccc21. The molecule has 4 aliphatic carbocycles. The van der Waals surface area contributed by atoms with Crippen molar-refractivity contribution in [2.75, 3.05) is 13.2 Å². The minimum atomic E-state index is -0.785. The number of aliphatic carboxylic acids is 1. The van der Waals surface area contributed by atoms with Crippen LogP contribution in [-0.4, -0.2) is 53.2 Å². The van der Waals surface area contributed by atoms with Gasteiger partial charge in [0.05, 0.1) is 11.3 Å². The Morgan fingerprint density at radius 2 is 1.69 bits per heavy atom. The first kappa shape index (κ1) is 21.0. The summed E-state index contributed by atoms with van der Waals surface area (Å²) in [6.45, 7) is 0.840.